The van der Waals surface area contributed by atoms with Crippen molar-refractivity contribution in [1.29, 1.82) is 0 Å². The van der Waals surface area contributed by atoms with Gasteiger partial charge in [-0.25, -0.2) is 8.42 Å². The minimum Gasteiger partial charge on any atom is -0.507 e. The molecule has 216 valence electrons. The highest BCUT2D eigenvalue weighted by Crippen LogP contribution is 2.53. The third-order valence-electron chi connectivity index (χ3n) is 7.63. The molecule has 0 bridgehead atoms. The fourth-order valence-electron chi connectivity index (χ4n) is 5.64. The zero-order valence-electron chi connectivity index (χ0n) is 22.9. The monoisotopic (exact) mass is 580 g/mol. The van der Waals surface area contributed by atoms with Crippen LogP contribution in [0.3, 0.4) is 0 Å². The van der Waals surface area contributed by atoms with Gasteiger partial charge in [-0.05, 0) is 44.4 Å². The SMILES string of the molecule is C=CCN1C(=O)[C@]2(C(=C(O)c3ccc(S(=O)(=O)N4CCOCC4)cc3)C(=O)C(=O)N2CCN(C)C)c2ccccc21. The minimum absolute atomic E-state index is 0.0107. The van der Waals surface area contributed by atoms with Gasteiger partial charge in [0.25, 0.3) is 17.6 Å². The first-order chi connectivity index (χ1) is 19.6. The van der Waals surface area contributed by atoms with Gasteiger partial charge >= 0.3 is 0 Å². The normalized spacial score (nSPS) is 22.7. The standard InChI is InChI=1S/C29H32N4O7S/c1-4-13-32-23-8-6-5-7-22(23)29(28(32)37)24(26(35)27(36)33(29)15-14-30(2)3)25(34)20-9-11-21(12-10-20)41(38,39)31-16-18-40-19-17-31/h4-12,34H,1,13-19H2,2-3H3/t29-/m1/s1. The number of ether oxygens (including phenoxy) is 1. The Balaban J connectivity index is 1.67. The van der Waals surface area contributed by atoms with Crippen molar-refractivity contribution in [2.75, 3.05) is 64.9 Å². The lowest BCUT2D eigenvalue weighted by Crippen LogP contribution is -2.53. The number of para-hydroxylation sites is 1. The van der Waals surface area contributed by atoms with E-state index in [-0.39, 0.29) is 42.2 Å². The van der Waals surface area contributed by atoms with E-state index in [0.717, 1.165) is 0 Å². The first-order valence-electron chi connectivity index (χ1n) is 13.2. The first-order valence-corrected chi connectivity index (χ1v) is 14.7. The zero-order chi connectivity index (χ0) is 29.5. The maximum atomic E-state index is 14.3. The second-order valence-corrected chi connectivity index (χ2v) is 12.2. The average Bonchev–Trinajstić information content (AvgIpc) is 3.35. The number of sulfonamides is 1. The Hall–Kier alpha value is -3.84. The lowest BCUT2D eigenvalue weighted by molar-refractivity contribution is -0.143. The third-order valence-corrected chi connectivity index (χ3v) is 9.54. The van der Waals surface area contributed by atoms with Crippen LogP contribution in [-0.2, 0) is 34.7 Å². The first kappa shape index (κ1) is 28.7. The van der Waals surface area contributed by atoms with Crippen molar-refractivity contribution < 1.29 is 32.6 Å². The Labute approximate surface area is 238 Å². The molecule has 2 amide bonds. The molecule has 5 rings (SSSR count). The number of morpholine rings is 1. The molecule has 2 saturated heterocycles. The van der Waals surface area contributed by atoms with E-state index < -0.39 is 38.9 Å². The Bertz CT molecular complexity index is 1540. The topological polar surface area (TPSA) is 128 Å². The molecule has 3 heterocycles. The van der Waals surface area contributed by atoms with Gasteiger partial charge in [0.1, 0.15) is 5.76 Å². The Kier molecular flexibility index (Phi) is 7.60. The molecule has 2 aromatic carbocycles. The molecule has 0 aliphatic carbocycles. The number of aliphatic hydroxyl groups is 1. The van der Waals surface area contributed by atoms with Crippen LogP contribution in [0.5, 0.6) is 0 Å². The molecule has 41 heavy (non-hydrogen) atoms. The fraction of sp³-hybridized carbons (Fsp3) is 0.345. The van der Waals surface area contributed by atoms with Gasteiger partial charge in [-0.1, -0.05) is 24.3 Å². The summed E-state index contributed by atoms with van der Waals surface area (Å²) in [6.45, 7) is 5.33. The van der Waals surface area contributed by atoms with E-state index in [0.29, 0.717) is 31.0 Å². The number of hydrogen-bond acceptors (Lipinski definition) is 8. The summed E-state index contributed by atoms with van der Waals surface area (Å²) in [6, 6.07) is 12.3. The average molecular weight is 581 g/mol. The van der Waals surface area contributed by atoms with Crippen molar-refractivity contribution in [1.82, 2.24) is 14.1 Å². The largest absolute Gasteiger partial charge is 0.507 e. The van der Waals surface area contributed by atoms with Gasteiger partial charge < -0.3 is 24.5 Å². The van der Waals surface area contributed by atoms with Crippen molar-refractivity contribution in [3.8, 4) is 0 Å². The molecule has 12 heteroatoms. The van der Waals surface area contributed by atoms with Crippen LogP contribution in [0.2, 0.25) is 0 Å². The summed E-state index contributed by atoms with van der Waals surface area (Å²) < 4.78 is 32.8. The summed E-state index contributed by atoms with van der Waals surface area (Å²) in [5, 5.41) is 11.6. The van der Waals surface area contributed by atoms with Crippen LogP contribution in [0, 0.1) is 0 Å². The maximum Gasteiger partial charge on any atom is 0.296 e. The van der Waals surface area contributed by atoms with E-state index >= 15 is 0 Å². The van der Waals surface area contributed by atoms with Gasteiger partial charge in [0.15, 0.2) is 5.54 Å². The van der Waals surface area contributed by atoms with Crippen LogP contribution in [0.4, 0.5) is 5.69 Å². The van der Waals surface area contributed by atoms with Gasteiger partial charge in [-0.2, -0.15) is 4.31 Å². The number of Topliss-reactive ketones (excluding diaryl/α,β-unsaturated/α-hetero) is 1. The molecule has 0 radical (unpaired) electrons. The predicted octanol–water partition coefficient (Wildman–Crippen LogP) is 1.38. The molecule has 2 fully saturated rings. The van der Waals surface area contributed by atoms with E-state index in [2.05, 4.69) is 6.58 Å². The third kappa shape index (κ3) is 4.47. The van der Waals surface area contributed by atoms with E-state index in [9.17, 15) is 27.9 Å². The second kappa shape index (κ2) is 10.9. The second-order valence-electron chi connectivity index (χ2n) is 10.3. The van der Waals surface area contributed by atoms with Crippen LogP contribution >= 0.6 is 0 Å². The van der Waals surface area contributed by atoms with Crippen LogP contribution in [-0.4, -0.2) is 105 Å². The minimum atomic E-state index is -3.80. The summed E-state index contributed by atoms with van der Waals surface area (Å²) in [6.07, 6.45) is 1.55. The number of ketones is 1. The summed E-state index contributed by atoms with van der Waals surface area (Å²) in [7, 11) is -0.181. The quantitative estimate of drug-likeness (QED) is 0.215. The van der Waals surface area contributed by atoms with Crippen molar-refractivity contribution >= 4 is 39.1 Å². The molecule has 3 aliphatic rings. The molecule has 1 spiro atoms. The number of hydrogen-bond donors (Lipinski definition) is 1. The number of aliphatic hydroxyl groups excluding tert-OH is 1. The highest BCUT2D eigenvalue weighted by Gasteiger charge is 2.66. The van der Waals surface area contributed by atoms with Crippen LogP contribution in [0.25, 0.3) is 5.76 Å². The highest BCUT2D eigenvalue weighted by atomic mass is 32.2. The number of carbonyl (C=O) groups excluding carboxylic acids is 3. The number of nitrogens with zero attached hydrogens (tertiary/aromatic N) is 4. The van der Waals surface area contributed by atoms with Crippen molar-refractivity contribution in [3.63, 3.8) is 0 Å². The molecule has 11 nitrogen and oxygen atoms in total. The van der Waals surface area contributed by atoms with E-state index in [1.807, 2.05) is 19.0 Å². The molecular formula is C29H32N4O7S. The molecule has 2 aromatic rings. The van der Waals surface area contributed by atoms with Gasteiger partial charge in [0, 0.05) is 43.9 Å². The van der Waals surface area contributed by atoms with Crippen molar-refractivity contribution in [2.45, 2.75) is 10.4 Å². The molecular weight excluding hydrogens is 548 g/mol. The van der Waals surface area contributed by atoms with E-state index in [4.69, 9.17) is 4.74 Å². The van der Waals surface area contributed by atoms with Gasteiger partial charge in [-0.15, -0.1) is 6.58 Å². The zero-order valence-corrected chi connectivity index (χ0v) is 23.8. The molecule has 3 aliphatic heterocycles. The Morgan fingerprint density at radius 3 is 2.37 bits per heavy atom. The lowest BCUT2D eigenvalue weighted by atomic mass is 9.82. The van der Waals surface area contributed by atoms with E-state index in [1.165, 1.54) is 38.4 Å². The van der Waals surface area contributed by atoms with Crippen LogP contribution in [0.15, 0.2) is 71.7 Å². The lowest BCUT2D eigenvalue weighted by Gasteiger charge is -2.35. The number of carbonyl (C=O) groups is 3. The number of benzene rings is 2. The number of amides is 2. The van der Waals surface area contributed by atoms with Crippen LogP contribution in [0.1, 0.15) is 11.1 Å². The summed E-state index contributed by atoms with van der Waals surface area (Å²) >= 11 is 0. The fourth-order valence-corrected chi connectivity index (χ4v) is 7.05. The number of likely N-dealkylation sites (tertiary alicyclic amines) is 1. The summed E-state index contributed by atoms with van der Waals surface area (Å²) in [5.41, 5.74) is -1.24. The Morgan fingerprint density at radius 1 is 1.07 bits per heavy atom. The highest BCUT2D eigenvalue weighted by molar-refractivity contribution is 7.89. The number of likely N-dealkylation sites (N-methyl/N-ethyl adjacent to an activating group) is 1. The Morgan fingerprint density at radius 2 is 1.73 bits per heavy atom. The predicted molar refractivity (Wildman–Crippen MR) is 152 cm³/mol. The van der Waals surface area contributed by atoms with Crippen molar-refractivity contribution in [2.24, 2.45) is 0 Å². The van der Waals surface area contributed by atoms with Gasteiger partial charge in [0.2, 0.25) is 10.0 Å². The number of rotatable bonds is 8. The molecule has 0 aromatic heterocycles. The summed E-state index contributed by atoms with van der Waals surface area (Å²) in [4.78, 5) is 46.0. The number of fused-ring (bicyclic) bond motifs is 2. The molecule has 1 atom stereocenters. The van der Waals surface area contributed by atoms with Crippen molar-refractivity contribution in [3.05, 3.63) is 77.9 Å². The molecule has 0 saturated carbocycles. The molecule has 1 N–H and O–H groups in total. The number of anilines is 1. The van der Waals surface area contributed by atoms with Gasteiger partial charge in [-0.3, -0.25) is 14.4 Å². The maximum absolute atomic E-state index is 14.3. The van der Waals surface area contributed by atoms with Gasteiger partial charge in [0.05, 0.1) is 29.4 Å². The van der Waals surface area contributed by atoms with E-state index in [1.54, 1.807) is 30.3 Å². The summed E-state index contributed by atoms with van der Waals surface area (Å²) in [5.74, 6) is -3.00. The molecule has 0 unspecified atom stereocenters. The van der Waals surface area contributed by atoms with Crippen LogP contribution < -0.4 is 4.90 Å². The smallest absolute Gasteiger partial charge is 0.296 e.